The number of nitrogens with zero attached hydrogens (tertiary/aromatic N) is 2. The Morgan fingerprint density at radius 3 is 2.83 bits per heavy atom. The van der Waals surface area contributed by atoms with E-state index in [1.165, 1.54) is 12.3 Å². The Morgan fingerprint density at radius 1 is 1.38 bits per heavy atom. The lowest BCUT2D eigenvalue weighted by Crippen LogP contribution is -2.42. The molecule has 0 saturated heterocycles. The van der Waals surface area contributed by atoms with Gasteiger partial charge in [-0.3, -0.25) is 9.59 Å². The molecule has 0 atom stereocenters. The van der Waals surface area contributed by atoms with Crippen molar-refractivity contribution < 1.29 is 18.8 Å². The van der Waals surface area contributed by atoms with Crippen molar-refractivity contribution in [2.24, 2.45) is 5.41 Å². The Balaban J connectivity index is 1.90. The minimum atomic E-state index is -0.613. The molecule has 7 nitrogen and oxygen atoms in total. The maximum Gasteiger partial charge on any atom is 0.294 e. The average molecular weight is 329 g/mol. The molecule has 1 aliphatic rings. The van der Waals surface area contributed by atoms with Gasteiger partial charge in [-0.25, -0.2) is 0 Å². The average Bonchev–Trinajstić information content (AvgIpc) is 3.06. The van der Waals surface area contributed by atoms with Crippen molar-refractivity contribution in [2.75, 3.05) is 23.4 Å². The van der Waals surface area contributed by atoms with Crippen LogP contribution in [0.3, 0.4) is 0 Å². The van der Waals surface area contributed by atoms with Gasteiger partial charge in [-0.2, -0.15) is 0 Å². The van der Waals surface area contributed by atoms with E-state index in [1.807, 2.05) is 20.8 Å². The Hall–Kier alpha value is -2.83. The number of carbonyl (C=O) groups excluding carboxylic acids is 2. The van der Waals surface area contributed by atoms with Gasteiger partial charge in [-0.1, -0.05) is 5.16 Å². The molecule has 126 valence electrons. The molecule has 1 aliphatic heterocycles. The van der Waals surface area contributed by atoms with E-state index < -0.39 is 11.3 Å². The molecule has 2 amide bonds. The first-order chi connectivity index (χ1) is 11.4. The van der Waals surface area contributed by atoms with E-state index in [0.717, 1.165) is 0 Å². The summed E-state index contributed by atoms with van der Waals surface area (Å²) in [6, 6.07) is 6.69. The van der Waals surface area contributed by atoms with Crippen LogP contribution in [-0.4, -0.2) is 30.1 Å². The van der Waals surface area contributed by atoms with Crippen LogP contribution in [-0.2, 0) is 4.79 Å². The van der Waals surface area contributed by atoms with Crippen molar-refractivity contribution in [2.45, 2.75) is 20.8 Å². The number of benzene rings is 1. The van der Waals surface area contributed by atoms with Crippen molar-refractivity contribution in [3.8, 4) is 5.75 Å². The third-order valence-corrected chi connectivity index (χ3v) is 3.90. The molecule has 1 N–H and O–H groups in total. The van der Waals surface area contributed by atoms with Gasteiger partial charge in [0, 0.05) is 24.4 Å². The van der Waals surface area contributed by atoms with E-state index in [-0.39, 0.29) is 18.3 Å². The number of hydrogen-bond donors (Lipinski definition) is 1. The van der Waals surface area contributed by atoms with Crippen LogP contribution in [0.15, 0.2) is 35.0 Å². The Kier molecular flexibility index (Phi) is 4.01. The standard InChI is InChI=1S/C17H19N3O4/c1-4-20-12-6-5-11(19-15(21)13-7-8-18-24-13)9-14(12)23-10-17(2,3)16(20)22/h5-9H,4,10H2,1-3H3,(H,19,21). The lowest BCUT2D eigenvalue weighted by Gasteiger charge is -2.26. The van der Waals surface area contributed by atoms with E-state index in [2.05, 4.69) is 10.5 Å². The van der Waals surface area contributed by atoms with Gasteiger partial charge in [-0.05, 0) is 32.9 Å². The minimum Gasteiger partial charge on any atom is -0.490 e. The van der Waals surface area contributed by atoms with E-state index >= 15 is 0 Å². The van der Waals surface area contributed by atoms with E-state index in [4.69, 9.17) is 9.26 Å². The summed E-state index contributed by atoms with van der Waals surface area (Å²) in [6.45, 7) is 6.45. The predicted molar refractivity (Wildman–Crippen MR) is 88.2 cm³/mol. The molecule has 0 aliphatic carbocycles. The second-order valence-electron chi connectivity index (χ2n) is 6.24. The topological polar surface area (TPSA) is 84.7 Å². The van der Waals surface area contributed by atoms with Gasteiger partial charge >= 0.3 is 0 Å². The zero-order valence-corrected chi connectivity index (χ0v) is 13.8. The van der Waals surface area contributed by atoms with Crippen LogP contribution in [0.2, 0.25) is 0 Å². The number of amides is 2. The first-order valence-electron chi connectivity index (χ1n) is 7.73. The van der Waals surface area contributed by atoms with Gasteiger partial charge in [0.25, 0.3) is 5.91 Å². The van der Waals surface area contributed by atoms with Crippen LogP contribution in [0.1, 0.15) is 31.3 Å². The number of rotatable bonds is 3. The third kappa shape index (κ3) is 2.84. The number of carbonyl (C=O) groups is 2. The second kappa shape index (κ2) is 5.99. The quantitative estimate of drug-likeness (QED) is 0.936. The lowest BCUT2D eigenvalue weighted by atomic mass is 9.93. The van der Waals surface area contributed by atoms with Crippen molar-refractivity contribution in [3.05, 3.63) is 36.2 Å². The maximum atomic E-state index is 12.6. The third-order valence-electron chi connectivity index (χ3n) is 3.90. The molecule has 0 fully saturated rings. The molecule has 0 saturated carbocycles. The van der Waals surface area contributed by atoms with Gasteiger partial charge in [0.05, 0.1) is 17.3 Å². The van der Waals surface area contributed by atoms with E-state index in [0.29, 0.717) is 23.7 Å². The van der Waals surface area contributed by atoms with Crippen LogP contribution in [0.5, 0.6) is 5.75 Å². The molecule has 2 aromatic rings. The molecule has 7 heteroatoms. The van der Waals surface area contributed by atoms with Gasteiger partial charge in [0.15, 0.2) is 0 Å². The fraction of sp³-hybridized carbons (Fsp3) is 0.353. The number of aromatic nitrogens is 1. The summed E-state index contributed by atoms with van der Waals surface area (Å²) in [5.41, 5.74) is 0.641. The molecule has 1 aromatic heterocycles. The van der Waals surface area contributed by atoms with Gasteiger partial charge < -0.3 is 19.5 Å². The normalized spacial score (nSPS) is 16.1. The summed E-state index contributed by atoms with van der Waals surface area (Å²) in [4.78, 5) is 26.4. The summed E-state index contributed by atoms with van der Waals surface area (Å²) in [5, 5.41) is 6.23. The molecule has 0 radical (unpaired) electrons. The monoisotopic (exact) mass is 329 g/mol. The highest BCUT2D eigenvalue weighted by molar-refractivity contribution is 6.03. The lowest BCUT2D eigenvalue weighted by molar-refractivity contribution is -0.127. The summed E-state index contributed by atoms with van der Waals surface area (Å²) >= 11 is 0. The van der Waals surface area contributed by atoms with Crippen molar-refractivity contribution >= 4 is 23.2 Å². The SMILES string of the molecule is CCN1C(=O)C(C)(C)COc2cc(NC(=O)c3ccno3)ccc21. The molecule has 0 spiro atoms. The molecule has 24 heavy (non-hydrogen) atoms. The zero-order valence-electron chi connectivity index (χ0n) is 13.8. The number of ether oxygens (including phenoxy) is 1. The predicted octanol–water partition coefficient (Wildman–Crippen LogP) is 2.70. The van der Waals surface area contributed by atoms with Gasteiger partial charge in [-0.15, -0.1) is 0 Å². The van der Waals surface area contributed by atoms with E-state index in [1.54, 1.807) is 23.1 Å². The van der Waals surface area contributed by atoms with Crippen LogP contribution >= 0.6 is 0 Å². The highest BCUT2D eigenvalue weighted by Crippen LogP contribution is 2.38. The van der Waals surface area contributed by atoms with Crippen LogP contribution in [0.25, 0.3) is 0 Å². The highest BCUT2D eigenvalue weighted by Gasteiger charge is 2.37. The number of fused-ring (bicyclic) bond motifs is 1. The maximum absolute atomic E-state index is 12.6. The van der Waals surface area contributed by atoms with E-state index in [9.17, 15) is 9.59 Å². The molecule has 0 bridgehead atoms. The number of nitrogens with one attached hydrogen (secondary N) is 1. The first-order valence-corrected chi connectivity index (χ1v) is 7.73. The minimum absolute atomic E-state index is 0.0159. The summed E-state index contributed by atoms with van der Waals surface area (Å²) in [6.07, 6.45) is 1.40. The summed E-state index contributed by atoms with van der Waals surface area (Å²) in [7, 11) is 0. The number of anilines is 2. The molecule has 2 heterocycles. The molecular formula is C17H19N3O4. The second-order valence-corrected chi connectivity index (χ2v) is 6.24. The number of hydrogen-bond acceptors (Lipinski definition) is 5. The Bertz CT molecular complexity index is 768. The Labute approximate surface area is 139 Å². The fourth-order valence-corrected chi connectivity index (χ4v) is 2.56. The van der Waals surface area contributed by atoms with Crippen molar-refractivity contribution in [1.29, 1.82) is 0 Å². The first kappa shape index (κ1) is 16.0. The fourth-order valence-electron chi connectivity index (χ4n) is 2.56. The van der Waals surface area contributed by atoms with Crippen molar-refractivity contribution in [3.63, 3.8) is 0 Å². The molecular weight excluding hydrogens is 310 g/mol. The summed E-state index contributed by atoms with van der Waals surface area (Å²) < 4.78 is 10.7. The van der Waals surface area contributed by atoms with Gasteiger partial charge in [0.1, 0.15) is 12.4 Å². The van der Waals surface area contributed by atoms with Crippen LogP contribution in [0, 0.1) is 5.41 Å². The smallest absolute Gasteiger partial charge is 0.294 e. The van der Waals surface area contributed by atoms with Crippen LogP contribution < -0.4 is 15.0 Å². The zero-order chi connectivity index (χ0) is 17.3. The Morgan fingerprint density at radius 2 is 2.17 bits per heavy atom. The summed E-state index contributed by atoms with van der Waals surface area (Å²) in [5.74, 6) is 0.301. The molecule has 1 aromatic carbocycles. The molecule has 0 unspecified atom stereocenters. The van der Waals surface area contributed by atoms with Gasteiger partial charge in [0.2, 0.25) is 11.7 Å². The highest BCUT2D eigenvalue weighted by atomic mass is 16.5. The van der Waals surface area contributed by atoms with Crippen LogP contribution in [0.4, 0.5) is 11.4 Å². The largest absolute Gasteiger partial charge is 0.490 e. The molecule has 3 rings (SSSR count). The van der Waals surface area contributed by atoms with Crippen molar-refractivity contribution in [1.82, 2.24) is 5.16 Å².